The number of ether oxygens (including phenoxy) is 1. The standard InChI is InChI=1S/C18H14FNO4/c1-11-2-5-13(19)8-15(11)20-17(21)10-23-14-6-3-12-4-7-18(22)24-16(12)9-14/h2-9H,10H2,1H3,(H,20,21). The fraction of sp³-hybridized carbons (Fsp3) is 0.111. The van der Waals surface area contributed by atoms with Crippen LogP contribution in [0.25, 0.3) is 11.0 Å². The van der Waals surface area contributed by atoms with Crippen molar-refractivity contribution in [1.29, 1.82) is 0 Å². The number of amides is 1. The number of hydrogen-bond acceptors (Lipinski definition) is 4. The normalized spacial score (nSPS) is 10.6. The number of fused-ring (bicyclic) bond motifs is 1. The monoisotopic (exact) mass is 327 g/mol. The SMILES string of the molecule is Cc1ccc(F)cc1NC(=O)COc1ccc2ccc(=O)oc2c1. The van der Waals surface area contributed by atoms with Crippen molar-refractivity contribution in [2.75, 3.05) is 11.9 Å². The summed E-state index contributed by atoms with van der Waals surface area (Å²) in [5.41, 5.74) is 1.06. The molecule has 1 amide bonds. The molecule has 0 fully saturated rings. The van der Waals surface area contributed by atoms with E-state index in [0.29, 0.717) is 17.0 Å². The molecule has 122 valence electrons. The van der Waals surface area contributed by atoms with E-state index in [9.17, 15) is 14.0 Å². The molecule has 2 aromatic carbocycles. The smallest absolute Gasteiger partial charge is 0.336 e. The maximum atomic E-state index is 13.2. The highest BCUT2D eigenvalue weighted by Crippen LogP contribution is 2.20. The number of aryl methyl sites for hydroxylation is 1. The summed E-state index contributed by atoms with van der Waals surface area (Å²) in [6, 6.07) is 12.1. The Morgan fingerprint density at radius 1 is 1.17 bits per heavy atom. The van der Waals surface area contributed by atoms with Gasteiger partial charge in [-0.05, 0) is 42.8 Å². The fourth-order valence-electron chi connectivity index (χ4n) is 2.19. The minimum atomic E-state index is -0.459. The van der Waals surface area contributed by atoms with Gasteiger partial charge in [0.2, 0.25) is 0 Å². The number of hydrogen-bond donors (Lipinski definition) is 1. The summed E-state index contributed by atoms with van der Waals surface area (Å²) in [5, 5.41) is 3.34. The largest absolute Gasteiger partial charge is 0.484 e. The molecule has 3 rings (SSSR count). The Hall–Kier alpha value is -3.15. The van der Waals surface area contributed by atoms with Gasteiger partial charge >= 0.3 is 5.63 Å². The molecule has 1 N–H and O–H groups in total. The van der Waals surface area contributed by atoms with E-state index < -0.39 is 17.3 Å². The molecule has 0 unspecified atom stereocenters. The van der Waals surface area contributed by atoms with E-state index in [1.165, 1.54) is 24.3 Å². The van der Waals surface area contributed by atoms with Gasteiger partial charge in [0.1, 0.15) is 17.1 Å². The van der Waals surface area contributed by atoms with Crippen molar-refractivity contribution in [3.05, 3.63) is 70.3 Å². The molecule has 0 aliphatic heterocycles. The van der Waals surface area contributed by atoms with Crippen LogP contribution in [-0.4, -0.2) is 12.5 Å². The van der Waals surface area contributed by atoms with Crippen molar-refractivity contribution in [1.82, 2.24) is 0 Å². The van der Waals surface area contributed by atoms with Gasteiger partial charge in [0.05, 0.1) is 0 Å². The third-order valence-electron chi connectivity index (χ3n) is 3.44. The number of benzene rings is 2. The van der Waals surface area contributed by atoms with Gasteiger partial charge in [-0.1, -0.05) is 6.07 Å². The second kappa shape index (κ2) is 6.54. The van der Waals surface area contributed by atoms with Crippen LogP contribution >= 0.6 is 0 Å². The van der Waals surface area contributed by atoms with Crippen LogP contribution in [0.15, 0.2) is 57.7 Å². The molecule has 0 saturated heterocycles. The van der Waals surface area contributed by atoms with Crippen LogP contribution in [0.1, 0.15) is 5.56 Å². The molecule has 24 heavy (non-hydrogen) atoms. The molecule has 0 aliphatic rings. The van der Waals surface area contributed by atoms with E-state index in [-0.39, 0.29) is 6.61 Å². The Bertz CT molecular complexity index is 965. The van der Waals surface area contributed by atoms with Crippen molar-refractivity contribution in [3.63, 3.8) is 0 Å². The predicted molar refractivity (Wildman–Crippen MR) is 87.7 cm³/mol. The number of carbonyl (C=O) groups excluding carboxylic acids is 1. The molecule has 0 radical (unpaired) electrons. The van der Waals surface area contributed by atoms with Crippen LogP contribution in [0.4, 0.5) is 10.1 Å². The first-order valence-corrected chi connectivity index (χ1v) is 7.24. The van der Waals surface area contributed by atoms with Gasteiger partial charge in [-0.25, -0.2) is 9.18 Å². The van der Waals surface area contributed by atoms with E-state index in [1.54, 1.807) is 31.2 Å². The molecule has 0 aliphatic carbocycles. The molecule has 3 aromatic rings. The van der Waals surface area contributed by atoms with Gasteiger partial charge in [-0.15, -0.1) is 0 Å². The van der Waals surface area contributed by atoms with E-state index in [0.717, 1.165) is 10.9 Å². The third kappa shape index (κ3) is 3.60. The summed E-state index contributed by atoms with van der Waals surface area (Å²) in [6.07, 6.45) is 0. The summed E-state index contributed by atoms with van der Waals surface area (Å²) >= 11 is 0. The van der Waals surface area contributed by atoms with E-state index >= 15 is 0 Å². The Morgan fingerprint density at radius 3 is 2.79 bits per heavy atom. The van der Waals surface area contributed by atoms with Crippen molar-refractivity contribution in [2.24, 2.45) is 0 Å². The van der Waals surface area contributed by atoms with Crippen molar-refractivity contribution in [3.8, 4) is 5.75 Å². The number of halogens is 1. The van der Waals surface area contributed by atoms with Crippen molar-refractivity contribution < 1.29 is 18.3 Å². The quantitative estimate of drug-likeness (QED) is 0.747. The van der Waals surface area contributed by atoms with Gasteiger partial charge in [0.25, 0.3) is 5.91 Å². The molecule has 0 bridgehead atoms. The van der Waals surface area contributed by atoms with Gasteiger partial charge in [0.15, 0.2) is 6.61 Å². The number of nitrogens with one attached hydrogen (secondary N) is 1. The van der Waals surface area contributed by atoms with Crippen molar-refractivity contribution >= 4 is 22.6 Å². The lowest BCUT2D eigenvalue weighted by Crippen LogP contribution is -2.20. The van der Waals surface area contributed by atoms with Gasteiger partial charge in [-0.2, -0.15) is 0 Å². The Morgan fingerprint density at radius 2 is 1.96 bits per heavy atom. The van der Waals surface area contributed by atoms with E-state index in [1.807, 2.05) is 0 Å². The Kier molecular flexibility index (Phi) is 4.29. The minimum absolute atomic E-state index is 0.251. The first-order chi connectivity index (χ1) is 11.5. The summed E-state index contributed by atoms with van der Waals surface area (Å²) in [5.74, 6) is -0.456. The second-order valence-corrected chi connectivity index (χ2v) is 5.25. The highest BCUT2D eigenvalue weighted by Gasteiger charge is 2.08. The third-order valence-corrected chi connectivity index (χ3v) is 3.44. The van der Waals surface area contributed by atoms with Crippen LogP contribution in [-0.2, 0) is 4.79 Å². The topological polar surface area (TPSA) is 68.5 Å². The summed E-state index contributed by atoms with van der Waals surface area (Å²) < 4.78 is 23.7. The van der Waals surface area contributed by atoms with Crippen LogP contribution in [0, 0.1) is 12.7 Å². The highest BCUT2D eigenvalue weighted by atomic mass is 19.1. The minimum Gasteiger partial charge on any atom is -0.484 e. The molecule has 6 heteroatoms. The van der Waals surface area contributed by atoms with Gasteiger partial charge in [-0.3, -0.25) is 4.79 Å². The number of anilines is 1. The number of rotatable bonds is 4. The predicted octanol–water partition coefficient (Wildman–Crippen LogP) is 3.26. The average Bonchev–Trinajstić information content (AvgIpc) is 2.56. The molecular formula is C18H14FNO4. The number of carbonyl (C=O) groups is 1. The first kappa shape index (κ1) is 15.7. The lowest BCUT2D eigenvalue weighted by atomic mass is 10.2. The molecule has 0 saturated carbocycles. The lowest BCUT2D eigenvalue weighted by Gasteiger charge is -2.10. The zero-order valence-electron chi connectivity index (χ0n) is 12.8. The summed E-state index contributed by atoms with van der Waals surface area (Å²) in [7, 11) is 0. The van der Waals surface area contributed by atoms with Gasteiger partial charge < -0.3 is 14.5 Å². The van der Waals surface area contributed by atoms with Gasteiger partial charge in [0, 0.05) is 23.2 Å². The average molecular weight is 327 g/mol. The Labute approximate surface area is 136 Å². The van der Waals surface area contributed by atoms with Crippen LogP contribution in [0.3, 0.4) is 0 Å². The highest BCUT2D eigenvalue weighted by molar-refractivity contribution is 5.92. The maximum absolute atomic E-state index is 13.2. The van der Waals surface area contributed by atoms with E-state index in [2.05, 4.69) is 5.32 Å². The fourth-order valence-corrected chi connectivity index (χ4v) is 2.19. The first-order valence-electron chi connectivity index (χ1n) is 7.24. The zero-order chi connectivity index (χ0) is 17.1. The molecule has 0 atom stereocenters. The van der Waals surface area contributed by atoms with E-state index in [4.69, 9.17) is 9.15 Å². The molecule has 5 nitrogen and oxygen atoms in total. The van der Waals surface area contributed by atoms with Crippen LogP contribution in [0.2, 0.25) is 0 Å². The molecule has 1 aromatic heterocycles. The summed E-state index contributed by atoms with van der Waals surface area (Å²) in [6.45, 7) is 1.51. The molecular weight excluding hydrogens is 313 g/mol. The molecule has 0 spiro atoms. The maximum Gasteiger partial charge on any atom is 0.336 e. The molecule has 1 heterocycles. The van der Waals surface area contributed by atoms with Crippen LogP contribution in [0.5, 0.6) is 5.75 Å². The zero-order valence-corrected chi connectivity index (χ0v) is 12.8. The van der Waals surface area contributed by atoms with Crippen molar-refractivity contribution in [2.45, 2.75) is 6.92 Å². The Balaban J connectivity index is 1.67. The van der Waals surface area contributed by atoms with Crippen LogP contribution < -0.4 is 15.7 Å². The summed E-state index contributed by atoms with van der Waals surface area (Å²) in [4.78, 5) is 23.2. The second-order valence-electron chi connectivity index (χ2n) is 5.25. The lowest BCUT2D eigenvalue weighted by molar-refractivity contribution is -0.118.